The molecule has 0 aliphatic heterocycles. The Balaban J connectivity index is 2.04. The largest absolute Gasteiger partial charge is 0.462 e. The van der Waals surface area contributed by atoms with Gasteiger partial charge >= 0.3 is 17.8 Å². The molecular formula is C18H21N3O4S. The Labute approximate surface area is 155 Å². The summed E-state index contributed by atoms with van der Waals surface area (Å²) >= 11 is 1.29. The molecule has 1 heterocycles. The first-order valence-electron chi connectivity index (χ1n) is 8.25. The lowest BCUT2D eigenvalue weighted by Gasteiger charge is -2.10. The molecule has 0 saturated carbocycles. The SMILES string of the molecule is CCCCOC(=O)c1ccccc1NC(=O)C(=O)Nc1nc(C)c(C)s1. The number of nitrogens with one attached hydrogen (secondary N) is 2. The van der Waals surface area contributed by atoms with Gasteiger partial charge in [0.1, 0.15) is 0 Å². The molecule has 2 N–H and O–H groups in total. The van der Waals surface area contributed by atoms with E-state index in [9.17, 15) is 14.4 Å². The van der Waals surface area contributed by atoms with Crippen LogP contribution in [-0.2, 0) is 14.3 Å². The zero-order valence-electron chi connectivity index (χ0n) is 14.9. The molecule has 0 aliphatic rings. The number of amides is 2. The number of hydrogen-bond donors (Lipinski definition) is 2. The van der Waals surface area contributed by atoms with Crippen molar-refractivity contribution in [3.8, 4) is 0 Å². The number of hydrogen-bond acceptors (Lipinski definition) is 6. The molecule has 1 aromatic heterocycles. The lowest BCUT2D eigenvalue weighted by atomic mass is 10.2. The maximum Gasteiger partial charge on any atom is 0.340 e. The second-order valence-electron chi connectivity index (χ2n) is 5.60. The Morgan fingerprint density at radius 2 is 1.81 bits per heavy atom. The van der Waals surface area contributed by atoms with Crippen LogP contribution in [0.25, 0.3) is 0 Å². The summed E-state index contributed by atoms with van der Waals surface area (Å²) in [5, 5.41) is 5.26. The fourth-order valence-electron chi connectivity index (χ4n) is 2.02. The van der Waals surface area contributed by atoms with Gasteiger partial charge in [0.2, 0.25) is 0 Å². The van der Waals surface area contributed by atoms with Gasteiger partial charge < -0.3 is 10.1 Å². The first-order chi connectivity index (χ1) is 12.4. The van der Waals surface area contributed by atoms with Crippen LogP contribution in [0.1, 0.15) is 40.7 Å². The quantitative estimate of drug-likeness (QED) is 0.459. The van der Waals surface area contributed by atoms with Crippen molar-refractivity contribution in [1.29, 1.82) is 0 Å². The fourth-order valence-corrected chi connectivity index (χ4v) is 2.83. The van der Waals surface area contributed by atoms with Crippen molar-refractivity contribution in [2.75, 3.05) is 17.2 Å². The molecule has 0 spiro atoms. The lowest BCUT2D eigenvalue weighted by molar-refractivity contribution is -0.133. The van der Waals surface area contributed by atoms with Gasteiger partial charge in [-0.05, 0) is 32.4 Å². The predicted octanol–water partition coefficient (Wildman–Crippen LogP) is 3.29. The van der Waals surface area contributed by atoms with Crippen LogP contribution >= 0.6 is 11.3 Å². The highest BCUT2D eigenvalue weighted by Gasteiger charge is 2.19. The van der Waals surface area contributed by atoms with Crippen molar-refractivity contribution < 1.29 is 19.1 Å². The number of anilines is 2. The normalized spacial score (nSPS) is 10.3. The first kappa shape index (κ1) is 19.6. The van der Waals surface area contributed by atoms with E-state index in [4.69, 9.17) is 4.74 Å². The molecule has 2 amide bonds. The van der Waals surface area contributed by atoms with Crippen LogP contribution in [0.4, 0.5) is 10.8 Å². The van der Waals surface area contributed by atoms with Crippen molar-refractivity contribution >= 4 is 39.9 Å². The average molecular weight is 375 g/mol. The summed E-state index contributed by atoms with van der Waals surface area (Å²) in [6, 6.07) is 6.39. The lowest BCUT2D eigenvalue weighted by Crippen LogP contribution is -2.29. The van der Waals surface area contributed by atoms with Gasteiger partial charge in [0, 0.05) is 4.88 Å². The van der Waals surface area contributed by atoms with E-state index < -0.39 is 17.8 Å². The van der Waals surface area contributed by atoms with E-state index in [1.54, 1.807) is 18.2 Å². The van der Waals surface area contributed by atoms with E-state index in [-0.39, 0.29) is 11.3 Å². The van der Waals surface area contributed by atoms with Crippen molar-refractivity contribution in [3.05, 3.63) is 40.4 Å². The average Bonchev–Trinajstić information content (AvgIpc) is 2.92. The highest BCUT2D eigenvalue weighted by Crippen LogP contribution is 2.21. The van der Waals surface area contributed by atoms with E-state index in [0.29, 0.717) is 11.7 Å². The van der Waals surface area contributed by atoms with Gasteiger partial charge in [-0.15, -0.1) is 11.3 Å². The number of nitrogens with zero attached hydrogens (tertiary/aromatic N) is 1. The topological polar surface area (TPSA) is 97.4 Å². The van der Waals surface area contributed by atoms with E-state index >= 15 is 0 Å². The van der Waals surface area contributed by atoms with Crippen molar-refractivity contribution in [1.82, 2.24) is 4.98 Å². The maximum absolute atomic E-state index is 12.1. The zero-order valence-corrected chi connectivity index (χ0v) is 15.7. The third-order valence-corrected chi connectivity index (χ3v) is 4.57. The Kier molecular flexibility index (Phi) is 6.85. The molecule has 0 bridgehead atoms. The van der Waals surface area contributed by atoms with Gasteiger partial charge in [-0.3, -0.25) is 14.9 Å². The highest BCUT2D eigenvalue weighted by molar-refractivity contribution is 7.15. The summed E-state index contributed by atoms with van der Waals surface area (Å²) in [4.78, 5) is 41.5. The number of thiazole rings is 1. The van der Waals surface area contributed by atoms with Gasteiger partial charge in [0.25, 0.3) is 0 Å². The van der Waals surface area contributed by atoms with Crippen molar-refractivity contribution in [3.63, 3.8) is 0 Å². The minimum absolute atomic E-state index is 0.200. The number of ether oxygens (including phenoxy) is 1. The number of carbonyl (C=O) groups excluding carboxylic acids is 3. The van der Waals surface area contributed by atoms with Crippen LogP contribution in [0, 0.1) is 13.8 Å². The zero-order chi connectivity index (χ0) is 19.1. The van der Waals surface area contributed by atoms with Gasteiger partial charge in [-0.2, -0.15) is 0 Å². The molecule has 0 saturated heterocycles. The minimum atomic E-state index is -0.885. The monoisotopic (exact) mass is 375 g/mol. The Morgan fingerprint density at radius 3 is 2.46 bits per heavy atom. The fraction of sp³-hybridized carbons (Fsp3) is 0.333. The van der Waals surface area contributed by atoms with Gasteiger partial charge in [-0.25, -0.2) is 9.78 Å². The number of para-hydroxylation sites is 1. The molecule has 7 nitrogen and oxygen atoms in total. The molecule has 0 unspecified atom stereocenters. The van der Waals surface area contributed by atoms with Crippen LogP contribution in [0.2, 0.25) is 0 Å². The van der Waals surface area contributed by atoms with Gasteiger partial charge in [0.05, 0.1) is 23.6 Å². The number of aromatic nitrogens is 1. The summed E-state index contributed by atoms with van der Waals surface area (Å²) in [5.74, 6) is -2.28. The molecule has 0 atom stereocenters. The number of rotatable bonds is 6. The molecule has 2 aromatic rings. The van der Waals surface area contributed by atoms with Crippen LogP contribution in [0.3, 0.4) is 0 Å². The van der Waals surface area contributed by atoms with Crippen LogP contribution < -0.4 is 10.6 Å². The number of unbranched alkanes of at least 4 members (excludes halogenated alkanes) is 1. The summed E-state index contributed by atoms with van der Waals surface area (Å²) in [7, 11) is 0. The second-order valence-corrected chi connectivity index (χ2v) is 6.81. The van der Waals surface area contributed by atoms with Crippen LogP contribution in [0.15, 0.2) is 24.3 Å². The van der Waals surface area contributed by atoms with Crippen molar-refractivity contribution in [2.24, 2.45) is 0 Å². The summed E-state index contributed by atoms with van der Waals surface area (Å²) < 4.78 is 5.16. The summed E-state index contributed by atoms with van der Waals surface area (Å²) in [6.45, 7) is 6.00. The summed E-state index contributed by atoms with van der Waals surface area (Å²) in [5.41, 5.74) is 1.22. The van der Waals surface area contributed by atoms with Crippen LogP contribution in [0.5, 0.6) is 0 Å². The van der Waals surface area contributed by atoms with Gasteiger partial charge in [-0.1, -0.05) is 25.5 Å². The first-order valence-corrected chi connectivity index (χ1v) is 9.06. The third-order valence-electron chi connectivity index (χ3n) is 3.58. The molecule has 1 aromatic carbocycles. The highest BCUT2D eigenvalue weighted by atomic mass is 32.1. The molecule has 26 heavy (non-hydrogen) atoms. The molecular weight excluding hydrogens is 354 g/mol. The molecule has 8 heteroatoms. The van der Waals surface area contributed by atoms with E-state index in [0.717, 1.165) is 23.4 Å². The third kappa shape index (κ3) is 5.13. The Bertz CT molecular complexity index is 797. The minimum Gasteiger partial charge on any atom is -0.462 e. The molecule has 0 radical (unpaired) electrons. The predicted molar refractivity (Wildman–Crippen MR) is 100 cm³/mol. The number of esters is 1. The molecule has 2 rings (SSSR count). The Hall–Kier alpha value is -2.74. The van der Waals surface area contributed by atoms with E-state index in [1.807, 2.05) is 20.8 Å². The number of carbonyl (C=O) groups is 3. The molecule has 0 aliphatic carbocycles. The van der Waals surface area contributed by atoms with Crippen molar-refractivity contribution in [2.45, 2.75) is 33.6 Å². The smallest absolute Gasteiger partial charge is 0.340 e. The number of benzene rings is 1. The van der Waals surface area contributed by atoms with Crippen LogP contribution in [-0.4, -0.2) is 29.4 Å². The summed E-state index contributed by atoms with van der Waals surface area (Å²) in [6.07, 6.45) is 1.66. The maximum atomic E-state index is 12.1. The van der Waals surface area contributed by atoms with E-state index in [1.165, 1.54) is 17.4 Å². The number of aryl methyl sites for hydroxylation is 2. The molecule has 0 fully saturated rings. The Morgan fingerprint density at radius 1 is 1.12 bits per heavy atom. The second kappa shape index (κ2) is 9.10. The molecule has 138 valence electrons. The standard InChI is InChI=1S/C18H21N3O4S/c1-4-5-10-25-17(24)13-8-6-7-9-14(13)20-15(22)16(23)21-18-19-11(2)12(3)26-18/h6-9H,4-5,10H2,1-3H3,(H,20,22)(H,19,21,23). The van der Waals surface area contributed by atoms with E-state index in [2.05, 4.69) is 15.6 Å². The van der Waals surface area contributed by atoms with Gasteiger partial charge in [0.15, 0.2) is 5.13 Å².